The zero-order valence-corrected chi connectivity index (χ0v) is 15.0. The van der Waals surface area contributed by atoms with Crippen LogP contribution in [0.4, 0.5) is 4.39 Å². The molecule has 0 bridgehead atoms. The Morgan fingerprint density at radius 2 is 1.38 bits per heavy atom. The number of benzene rings is 2. The van der Waals surface area contributed by atoms with Gasteiger partial charge in [0.1, 0.15) is 5.82 Å². The second-order valence-corrected chi connectivity index (χ2v) is 6.56. The molecule has 2 N–H and O–H groups in total. The lowest BCUT2D eigenvalue weighted by molar-refractivity contribution is 0.244. The van der Waals surface area contributed by atoms with E-state index in [0.29, 0.717) is 6.54 Å². The van der Waals surface area contributed by atoms with E-state index in [9.17, 15) is 4.39 Å². The maximum atomic E-state index is 13.2. The Bertz CT molecular complexity index is 829. The van der Waals surface area contributed by atoms with E-state index in [1.807, 2.05) is 37.3 Å². The molecule has 26 heavy (non-hydrogen) atoms. The number of aryl methyl sites for hydroxylation is 1. The Balaban J connectivity index is 1.78. The molecule has 0 radical (unpaired) electrons. The van der Waals surface area contributed by atoms with Crippen LogP contribution in [0.2, 0.25) is 0 Å². The fraction of sp³-hybridized carbons (Fsp3) is 0.227. The Hall–Kier alpha value is -2.56. The first kappa shape index (κ1) is 18.2. The van der Waals surface area contributed by atoms with Gasteiger partial charge in [-0.05, 0) is 47.9 Å². The molecule has 0 spiro atoms. The molecular weight excluding hydrogens is 325 g/mol. The van der Waals surface area contributed by atoms with Crippen molar-refractivity contribution >= 4 is 0 Å². The summed E-state index contributed by atoms with van der Waals surface area (Å²) in [6, 6.07) is 21.1. The van der Waals surface area contributed by atoms with Gasteiger partial charge in [-0.25, -0.2) is 4.39 Å². The smallest absolute Gasteiger partial charge is 0.123 e. The summed E-state index contributed by atoms with van der Waals surface area (Å²) < 4.78 is 13.2. The van der Waals surface area contributed by atoms with E-state index < -0.39 is 0 Å². The third-order valence-electron chi connectivity index (χ3n) is 4.32. The summed E-state index contributed by atoms with van der Waals surface area (Å²) in [5, 5.41) is 0. The summed E-state index contributed by atoms with van der Waals surface area (Å²) in [5.41, 5.74) is 11.2. The average Bonchev–Trinajstić information content (AvgIpc) is 2.64. The van der Waals surface area contributed by atoms with Gasteiger partial charge in [-0.15, -0.1) is 0 Å². The van der Waals surface area contributed by atoms with Gasteiger partial charge < -0.3 is 5.73 Å². The van der Waals surface area contributed by atoms with Crippen molar-refractivity contribution in [1.82, 2.24) is 9.88 Å². The molecule has 3 rings (SSSR count). The van der Waals surface area contributed by atoms with E-state index in [-0.39, 0.29) is 5.82 Å². The molecule has 1 heterocycles. The lowest BCUT2D eigenvalue weighted by Crippen LogP contribution is -2.23. The van der Waals surface area contributed by atoms with Gasteiger partial charge in [-0.1, -0.05) is 42.5 Å². The fourth-order valence-corrected chi connectivity index (χ4v) is 2.97. The summed E-state index contributed by atoms with van der Waals surface area (Å²) >= 11 is 0. The Labute approximate surface area is 154 Å². The van der Waals surface area contributed by atoms with Crippen molar-refractivity contribution in [2.75, 3.05) is 0 Å². The van der Waals surface area contributed by atoms with Crippen molar-refractivity contribution in [2.45, 2.75) is 33.1 Å². The van der Waals surface area contributed by atoms with Crippen LogP contribution in [-0.2, 0) is 26.2 Å². The Morgan fingerprint density at radius 1 is 0.808 bits per heavy atom. The molecule has 2 aromatic carbocycles. The fourth-order valence-electron chi connectivity index (χ4n) is 2.97. The largest absolute Gasteiger partial charge is 0.326 e. The van der Waals surface area contributed by atoms with Crippen molar-refractivity contribution < 1.29 is 4.39 Å². The molecule has 0 saturated carbocycles. The van der Waals surface area contributed by atoms with Gasteiger partial charge in [0.15, 0.2) is 0 Å². The third-order valence-corrected chi connectivity index (χ3v) is 4.32. The molecule has 134 valence electrons. The van der Waals surface area contributed by atoms with Crippen molar-refractivity contribution in [3.63, 3.8) is 0 Å². The van der Waals surface area contributed by atoms with E-state index >= 15 is 0 Å². The SMILES string of the molecule is Cc1cccc(CN(Cc2ccc(F)cc2)Cc2ccc(CN)cc2)n1. The first-order chi connectivity index (χ1) is 12.6. The lowest BCUT2D eigenvalue weighted by Gasteiger charge is -2.22. The predicted molar refractivity (Wildman–Crippen MR) is 103 cm³/mol. The van der Waals surface area contributed by atoms with E-state index in [4.69, 9.17) is 5.73 Å². The number of nitrogens with two attached hydrogens (primary N) is 1. The minimum atomic E-state index is -0.210. The van der Waals surface area contributed by atoms with Crippen LogP contribution in [-0.4, -0.2) is 9.88 Å². The van der Waals surface area contributed by atoms with Gasteiger partial charge in [0.25, 0.3) is 0 Å². The minimum Gasteiger partial charge on any atom is -0.326 e. The van der Waals surface area contributed by atoms with Gasteiger partial charge >= 0.3 is 0 Å². The van der Waals surface area contributed by atoms with Crippen LogP contribution in [0.3, 0.4) is 0 Å². The number of aromatic nitrogens is 1. The lowest BCUT2D eigenvalue weighted by atomic mass is 10.1. The van der Waals surface area contributed by atoms with Gasteiger partial charge in [0.05, 0.1) is 5.69 Å². The number of pyridine rings is 1. The van der Waals surface area contributed by atoms with Crippen LogP contribution in [0, 0.1) is 12.7 Å². The highest BCUT2D eigenvalue weighted by atomic mass is 19.1. The van der Waals surface area contributed by atoms with Crippen molar-refractivity contribution in [2.24, 2.45) is 5.73 Å². The van der Waals surface area contributed by atoms with Gasteiger partial charge in [-0.2, -0.15) is 0 Å². The summed E-state index contributed by atoms with van der Waals surface area (Å²) in [5.74, 6) is -0.210. The molecule has 3 aromatic rings. The number of hydrogen-bond acceptors (Lipinski definition) is 3. The highest BCUT2D eigenvalue weighted by Gasteiger charge is 2.10. The van der Waals surface area contributed by atoms with Gasteiger partial charge in [0, 0.05) is 31.9 Å². The molecule has 0 aliphatic carbocycles. The second-order valence-electron chi connectivity index (χ2n) is 6.56. The van der Waals surface area contributed by atoms with E-state index in [2.05, 4.69) is 34.1 Å². The van der Waals surface area contributed by atoms with E-state index in [0.717, 1.165) is 42.1 Å². The molecule has 0 amide bonds. The van der Waals surface area contributed by atoms with Crippen molar-refractivity contribution in [3.8, 4) is 0 Å². The maximum absolute atomic E-state index is 13.2. The standard InChI is InChI=1S/C22H24FN3/c1-17-3-2-4-22(25-17)16-26(15-20-9-11-21(23)12-10-20)14-19-7-5-18(13-24)6-8-19/h2-12H,13-16,24H2,1H3. The molecule has 1 aromatic heterocycles. The summed E-state index contributed by atoms with van der Waals surface area (Å²) in [7, 11) is 0. The predicted octanol–water partition coefficient (Wildman–Crippen LogP) is 4.19. The van der Waals surface area contributed by atoms with Crippen LogP contribution >= 0.6 is 0 Å². The molecule has 0 fully saturated rings. The molecule has 4 heteroatoms. The first-order valence-corrected chi connectivity index (χ1v) is 8.79. The molecule has 0 aliphatic heterocycles. The molecule has 0 unspecified atom stereocenters. The van der Waals surface area contributed by atoms with Crippen LogP contribution < -0.4 is 5.73 Å². The van der Waals surface area contributed by atoms with Crippen LogP contribution in [0.25, 0.3) is 0 Å². The van der Waals surface area contributed by atoms with Gasteiger partial charge in [0.2, 0.25) is 0 Å². The highest BCUT2D eigenvalue weighted by molar-refractivity contribution is 5.23. The summed E-state index contributed by atoms with van der Waals surface area (Å²) in [4.78, 5) is 6.93. The monoisotopic (exact) mass is 349 g/mol. The van der Waals surface area contributed by atoms with E-state index in [1.165, 1.54) is 17.7 Å². The number of nitrogens with zero attached hydrogens (tertiary/aromatic N) is 2. The van der Waals surface area contributed by atoms with Crippen LogP contribution in [0.15, 0.2) is 66.7 Å². The number of hydrogen-bond donors (Lipinski definition) is 1. The quantitative estimate of drug-likeness (QED) is 0.695. The summed E-state index contributed by atoms with van der Waals surface area (Å²) in [6.07, 6.45) is 0. The summed E-state index contributed by atoms with van der Waals surface area (Å²) in [6.45, 7) is 4.80. The highest BCUT2D eigenvalue weighted by Crippen LogP contribution is 2.15. The molecule has 0 saturated heterocycles. The Morgan fingerprint density at radius 3 is 1.96 bits per heavy atom. The van der Waals surface area contributed by atoms with Crippen molar-refractivity contribution in [3.05, 3.63) is 101 Å². The zero-order valence-electron chi connectivity index (χ0n) is 15.0. The topological polar surface area (TPSA) is 42.1 Å². The van der Waals surface area contributed by atoms with Crippen LogP contribution in [0.1, 0.15) is 28.1 Å². The molecular formula is C22H24FN3. The van der Waals surface area contributed by atoms with Gasteiger partial charge in [-0.3, -0.25) is 9.88 Å². The average molecular weight is 349 g/mol. The normalized spacial score (nSPS) is 11.1. The molecule has 3 nitrogen and oxygen atoms in total. The zero-order chi connectivity index (χ0) is 18.4. The van der Waals surface area contributed by atoms with Crippen molar-refractivity contribution in [1.29, 1.82) is 0 Å². The maximum Gasteiger partial charge on any atom is 0.123 e. The minimum absolute atomic E-state index is 0.210. The Kier molecular flexibility index (Phi) is 6.10. The second kappa shape index (κ2) is 8.70. The van der Waals surface area contributed by atoms with Crippen LogP contribution in [0.5, 0.6) is 0 Å². The van der Waals surface area contributed by atoms with E-state index in [1.54, 1.807) is 0 Å². The number of rotatable bonds is 7. The molecule has 0 atom stereocenters. The third kappa shape index (κ3) is 5.22. The first-order valence-electron chi connectivity index (χ1n) is 8.79. The number of halogens is 1. The molecule has 0 aliphatic rings.